The van der Waals surface area contributed by atoms with Gasteiger partial charge in [-0.2, -0.15) is 5.10 Å². The summed E-state index contributed by atoms with van der Waals surface area (Å²) in [4.78, 5) is 23.3. The van der Waals surface area contributed by atoms with E-state index in [9.17, 15) is 9.59 Å². The summed E-state index contributed by atoms with van der Waals surface area (Å²) < 4.78 is 15.7. The van der Waals surface area contributed by atoms with Gasteiger partial charge >= 0.3 is 5.97 Å². The molecule has 1 saturated heterocycles. The number of hydrogen-bond donors (Lipinski definition) is 1. The predicted molar refractivity (Wildman–Crippen MR) is 120 cm³/mol. The van der Waals surface area contributed by atoms with E-state index in [0.29, 0.717) is 16.5 Å². The van der Waals surface area contributed by atoms with E-state index in [1.165, 1.54) is 13.3 Å². The smallest absolute Gasteiger partial charge is 0.331 e. The minimum atomic E-state index is -0.617. The second kappa shape index (κ2) is 10.6. The third-order valence-electron chi connectivity index (χ3n) is 3.97. The number of methoxy groups -OCH3 is 2. The Hall–Kier alpha value is -3.30. The SMILES string of the molecule is COC(=O)/C=C1/S/C(=N\N=Cc2ccc(OC)c(COc3ccc(Cl)cc3)c2)NC1=O. The number of carbonyl (C=O) groups is 2. The Morgan fingerprint density at radius 3 is 2.68 bits per heavy atom. The van der Waals surface area contributed by atoms with Gasteiger partial charge in [-0.25, -0.2) is 4.79 Å². The van der Waals surface area contributed by atoms with Gasteiger partial charge in [-0.1, -0.05) is 11.6 Å². The molecule has 1 aliphatic heterocycles. The van der Waals surface area contributed by atoms with Crippen LogP contribution in [-0.4, -0.2) is 37.5 Å². The van der Waals surface area contributed by atoms with Crippen LogP contribution in [0.15, 0.2) is 63.6 Å². The Morgan fingerprint density at radius 2 is 1.97 bits per heavy atom. The van der Waals surface area contributed by atoms with Gasteiger partial charge in [0.2, 0.25) is 0 Å². The van der Waals surface area contributed by atoms with Gasteiger partial charge < -0.3 is 14.2 Å². The molecule has 0 spiro atoms. The molecule has 2 aromatic carbocycles. The number of hydrogen-bond acceptors (Lipinski definition) is 8. The number of nitrogens with zero attached hydrogens (tertiary/aromatic N) is 2. The summed E-state index contributed by atoms with van der Waals surface area (Å²) in [7, 11) is 2.82. The van der Waals surface area contributed by atoms with Crippen LogP contribution >= 0.6 is 23.4 Å². The molecule has 8 nitrogen and oxygen atoms in total. The Balaban J connectivity index is 1.68. The van der Waals surface area contributed by atoms with E-state index < -0.39 is 11.9 Å². The summed E-state index contributed by atoms with van der Waals surface area (Å²) in [5, 5.41) is 11.4. The highest BCUT2D eigenvalue weighted by atomic mass is 35.5. The Labute approximate surface area is 187 Å². The highest BCUT2D eigenvalue weighted by Gasteiger charge is 2.25. The third-order valence-corrected chi connectivity index (χ3v) is 5.12. The lowest BCUT2D eigenvalue weighted by atomic mass is 10.1. The van der Waals surface area contributed by atoms with Gasteiger partial charge in [-0.05, 0) is 59.8 Å². The van der Waals surface area contributed by atoms with Gasteiger partial charge in [0.15, 0.2) is 5.17 Å². The zero-order valence-corrected chi connectivity index (χ0v) is 18.2. The van der Waals surface area contributed by atoms with Crippen molar-refractivity contribution in [1.29, 1.82) is 0 Å². The van der Waals surface area contributed by atoms with E-state index in [-0.39, 0.29) is 16.7 Å². The molecule has 0 unspecified atom stereocenters. The first-order valence-electron chi connectivity index (χ1n) is 8.93. The van der Waals surface area contributed by atoms with Crippen LogP contribution in [0.4, 0.5) is 0 Å². The third kappa shape index (κ3) is 6.34. The van der Waals surface area contributed by atoms with Crippen LogP contribution in [0.25, 0.3) is 0 Å². The molecule has 1 aliphatic rings. The number of ether oxygens (including phenoxy) is 3. The molecule has 160 valence electrons. The van der Waals surface area contributed by atoms with Gasteiger partial charge in [0.1, 0.15) is 18.1 Å². The lowest BCUT2D eigenvalue weighted by molar-refractivity contribution is -0.135. The number of halogens is 1. The molecule has 0 aromatic heterocycles. The molecule has 10 heteroatoms. The Morgan fingerprint density at radius 1 is 1.19 bits per heavy atom. The molecule has 2 aromatic rings. The van der Waals surface area contributed by atoms with Crippen LogP contribution in [-0.2, 0) is 20.9 Å². The average Bonchev–Trinajstić information content (AvgIpc) is 3.12. The fourth-order valence-electron chi connectivity index (χ4n) is 2.47. The molecule has 0 atom stereocenters. The van der Waals surface area contributed by atoms with Crippen LogP contribution in [0.2, 0.25) is 5.02 Å². The van der Waals surface area contributed by atoms with Crippen LogP contribution in [0.3, 0.4) is 0 Å². The maximum absolute atomic E-state index is 11.8. The molecule has 0 bridgehead atoms. The number of thioether (sulfide) groups is 1. The molecule has 0 saturated carbocycles. The van der Waals surface area contributed by atoms with E-state index in [2.05, 4.69) is 20.3 Å². The zero-order chi connectivity index (χ0) is 22.2. The molecule has 1 N–H and O–H groups in total. The van der Waals surface area contributed by atoms with Crippen LogP contribution in [0.1, 0.15) is 11.1 Å². The largest absolute Gasteiger partial charge is 0.496 e. The summed E-state index contributed by atoms with van der Waals surface area (Å²) in [6.07, 6.45) is 2.63. The normalized spacial score (nSPS) is 16.0. The molecular formula is C21H18ClN3O5S. The topological polar surface area (TPSA) is 98.6 Å². The highest BCUT2D eigenvalue weighted by molar-refractivity contribution is 8.18. The monoisotopic (exact) mass is 459 g/mol. The molecule has 0 aliphatic carbocycles. The molecular weight excluding hydrogens is 442 g/mol. The first-order valence-corrected chi connectivity index (χ1v) is 10.1. The van der Waals surface area contributed by atoms with Crippen molar-refractivity contribution in [3.8, 4) is 11.5 Å². The molecule has 3 rings (SSSR count). The zero-order valence-electron chi connectivity index (χ0n) is 16.6. The van der Waals surface area contributed by atoms with Crippen LogP contribution in [0, 0.1) is 0 Å². The molecule has 1 heterocycles. The summed E-state index contributed by atoms with van der Waals surface area (Å²) in [5.41, 5.74) is 1.58. The second-order valence-electron chi connectivity index (χ2n) is 6.05. The van der Waals surface area contributed by atoms with E-state index >= 15 is 0 Å². The summed E-state index contributed by atoms with van der Waals surface area (Å²) >= 11 is 6.89. The number of carbonyl (C=O) groups excluding carboxylic acids is 2. The van der Waals surface area contributed by atoms with Crippen LogP contribution in [0.5, 0.6) is 11.5 Å². The minimum Gasteiger partial charge on any atom is -0.496 e. The molecule has 31 heavy (non-hydrogen) atoms. The lowest BCUT2D eigenvalue weighted by Crippen LogP contribution is -2.19. The molecule has 1 fully saturated rings. The number of rotatable bonds is 7. The number of esters is 1. The van der Waals surface area contributed by atoms with Crippen LogP contribution < -0.4 is 14.8 Å². The first kappa shape index (κ1) is 22.4. The lowest BCUT2D eigenvalue weighted by Gasteiger charge is -2.11. The van der Waals surface area contributed by atoms with Gasteiger partial charge in [0.25, 0.3) is 5.91 Å². The average molecular weight is 460 g/mol. The van der Waals surface area contributed by atoms with E-state index in [1.807, 2.05) is 12.1 Å². The van der Waals surface area contributed by atoms with E-state index in [4.69, 9.17) is 21.1 Å². The standard InChI is InChI=1S/C21H18ClN3O5S/c1-28-17-8-3-13(9-14(17)12-30-16-6-4-15(22)5-7-16)11-23-25-21-24-20(27)18(31-21)10-19(26)29-2/h3-11H,12H2,1-2H3,(H,24,25,27)/b18-10+,23-11?. The molecule has 1 amide bonds. The number of nitrogens with one attached hydrogen (secondary N) is 1. The van der Waals surface area contributed by atoms with Crippen molar-refractivity contribution < 1.29 is 23.8 Å². The quantitative estimate of drug-likeness (QED) is 0.294. The summed E-state index contributed by atoms with van der Waals surface area (Å²) in [6, 6.07) is 12.6. The fraction of sp³-hybridized carbons (Fsp3) is 0.143. The Bertz CT molecular complexity index is 1070. The van der Waals surface area contributed by atoms with Crippen molar-refractivity contribution in [3.05, 3.63) is 69.6 Å². The number of amidine groups is 1. The van der Waals surface area contributed by atoms with Crippen molar-refractivity contribution in [3.63, 3.8) is 0 Å². The number of amides is 1. The predicted octanol–water partition coefficient (Wildman–Crippen LogP) is 3.54. The fourth-order valence-corrected chi connectivity index (χ4v) is 3.34. The summed E-state index contributed by atoms with van der Waals surface area (Å²) in [5.74, 6) is 0.305. The van der Waals surface area contributed by atoms with Gasteiger partial charge in [-0.3, -0.25) is 10.1 Å². The van der Waals surface area contributed by atoms with Crippen molar-refractivity contribution in [2.24, 2.45) is 10.2 Å². The summed E-state index contributed by atoms with van der Waals surface area (Å²) in [6.45, 7) is 0.286. The van der Waals surface area contributed by atoms with Crippen molar-refractivity contribution in [2.45, 2.75) is 6.61 Å². The maximum Gasteiger partial charge on any atom is 0.331 e. The van der Waals surface area contributed by atoms with E-state index in [1.54, 1.807) is 37.4 Å². The molecule has 0 radical (unpaired) electrons. The maximum atomic E-state index is 11.8. The van der Waals surface area contributed by atoms with Crippen molar-refractivity contribution >= 4 is 46.6 Å². The highest BCUT2D eigenvalue weighted by Crippen LogP contribution is 2.24. The first-order chi connectivity index (χ1) is 15.0. The van der Waals surface area contributed by atoms with E-state index in [0.717, 1.165) is 29.0 Å². The minimum absolute atomic E-state index is 0.187. The van der Waals surface area contributed by atoms with Crippen molar-refractivity contribution in [2.75, 3.05) is 14.2 Å². The second-order valence-corrected chi connectivity index (χ2v) is 7.52. The number of benzene rings is 2. The van der Waals surface area contributed by atoms with Gasteiger partial charge in [0.05, 0.1) is 25.3 Å². The van der Waals surface area contributed by atoms with Gasteiger partial charge in [-0.15, -0.1) is 5.10 Å². The van der Waals surface area contributed by atoms with Crippen molar-refractivity contribution in [1.82, 2.24) is 5.32 Å². The Kier molecular flexibility index (Phi) is 7.69. The van der Waals surface area contributed by atoms with Gasteiger partial charge in [0, 0.05) is 16.7 Å².